The van der Waals surface area contributed by atoms with E-state index in [1.54, 1.807) is 51.1 Å². The molecule has 1 aliphatic heterocycles. The summed E-state index contributed by atoms with van der Waals surface area (Å²) in [5.41, 5.74) is 0.978. The van der Waals surface area contributed by atoms with E-state index in [1.165, 1.54) is 29.2 Å². The number of hydrogen-bond acceptors (Lipinski definition) is 12. The molecule has 1 heterocycles. The fraction of sp³-hybridized carbons (Fsp3) is 0.595. The van der Waals surface area contributed by atoms with E-state index in [1.807, 2.05) is 13.8 Å². The summed E-state index contributed by atoms with van der Waals surface area (Å²) in [6, 6.07) is 12.6. The van der Waals surface area contributed by atoms with Gasteiger partial charge in [-0.15, -0.1) is 6.58 Å². The van der Waals surface area contributed by atoms with Crippen molar-refractivity contribution in [3.05, 3.63) is 72.3 Å². The van der Waals surface area contributed by atoms with Gasteiger partial charge in [-0.25, -0.2) is 4.79 Å². The van der Waals surface area contributed by atoms with Gasteiger partial charge in [0.1, 0.15) is 11.7 Å². The molecule has 1 fully saturated rings. The summed E-state index contributed by atoms with van der Waals surface area (Å²) in [4.78, 5) is 14.7. The molecule has 2 aromatic rings. The summed E-state index contributed by atoms with van der Waals surface area (Å²) in [5, 5.41) is 0. The summed E-state index contributed by atoms with van der Waals surface area (Å²) >= 11 is 0. The molecule has 3 rings (SSSR count). The van der Waals surface area contributed by atoms with Crippen LogP contribution in [0.2, 0.25) is 0 Å². The van der Waals surface area contributed by atoms with Crippen LogP contribution in [0, 0.1) is 13.8 Å². The molecular weight excluding hydrogens is 715 g/mol. The van der Waals surface area contributed by atoms with Crippen LogP contribution >= 0.6 is 0 Å². The first-order valence-electron chi connectivity index (χ1n) is 17.6. The molecule has 292 valence electrons. The highest BCUT2D eigenvalue weighted by Gasteiger charge is 2.29. The lowest BCUT2D eigenvalue weighted by Crippen LogP contribution is -2.44. The molecule has 0 aromatic heterocycles. The molecule has 1 amide bonds. The van der Waals surface area contributed by atoms with Gasteiger partial charge in [-0.2, -0.15) is 16.8 Å². The summed E-state index contributed by atoms with van der Waals surface area (Å²) in [6.45, 7) is 13.5. The molecule has 3 unspecified atom stereocenters. The van der Waals surface area contributed by atoms with E-state index in [9.17, 15) is 21.6 Å². The molecule has 0 bridgehead atoms. The van der Waals surface area contributed by atoms with Crippen LogP contribution in [0.1, 0.15) is 64.0 Å². The number of rotatable bonds is 22. The molecule has 15 heteroatoms. The molecule has 52 heavy (non-hydrogen) atoms. The van der Waals surface area contributed by atoms with Crippen LogP contribution in [0.15, 0.2) is 71.0 Å². The van der Waals surface area contributed by atoms with Crippen molar-refractivity contribution in [1.29, 1.82) is 0 Å². The molecule has 0 saturated carbocycles. The lowest BCUT2D eigenvalue weighted by atomic mass is 10.2. The Morgan fingerprint density at radius 2 is 1.42 bits per heavy atom. The first-order chi connectivity index (χ1) is 24.6. The van der Waals surface area contributed by atoms with Gasteiger partial charge in [0.2, 0.25) is 0 Å². The van der Waals surface area contributed by atoms with Crippen molar-refractivity contribution in [3.63, 3.8) is 0 Å². The molecule has 0 radical (unpaired) electrons. The van der Waals surface area contributed by atoms with Gasteiger partial charge in [0, 0.05) is 39.2 Å². The third-order valence-electron chi connectivity index (χ3n) is 7.73. The number of amides is 1. The molecule has 2 aromatic carbocycles. The number of ether oxygens (including phenoxy) is 5. The lowest BCUT2D eigenvalue weighted by Gasteiger charge is -2.31. The molecule has 13 nitrogen and oxygen atoms in total. The van der Waals surface area contributed by atoms with E-state index in [-0.39, 0.29) is 75.0 Å². The summed E-state index contributed by atoms with van der Waals surface area (Å²) in [6.07, 6.45) is 1.52. The lowest BCUT2D eigenvalue weighted by molar-refractivity contribution is -0.164. The SMILES string of the molecule is C=CCOCC(CCOCCC(CN(CCOC1CCCCO1)C(=O)OC(C)(C)C)OS(=O)(=O)c1ccc(C)cc1)OS(=O)(=O)c1ccc(C)cc1. The van der Waals surface area contributed by atoms with Crippen molar-refractivity contribution in [2.45, 2.75) is 101 Å². The fourth-order valence-electron chi connectivity index (χ4n) is 4.99. The first kappa shape index (κ1) is 43.5. The van der Waals surface area contributed by atoms with Crippen molar-refractivity contribution in [3.8, 4) is 0 Å². The van der Waals surface area contributed by atoms with Gasteiger partial charge >= 0.3 is 6.09 Å². The van der Waals surface area contributed by atoms with Crippen LogP contribution < -0.4 is 0 Å². The standard InChI is InChI=1S/C37H55NO12S2/c1-7-22-45-28-32(50-52(42,43)34-17-13-30(3)14-18-34)20-25-44-24-19-31(49-51(40,41)33-15-11-29(2)12-16-33)27-38(36(39)48-37(4,5)6)21-26-47-35-10-8-9-23-46-35/h7,11-18,31-32,35H,1,8-10,19-28H2,2-6H3. The molecule has 0 aliphatic carbocycles. The summed E-state index contributed by atoms with van der Waals surface area (Å²) < 4.78 is 92.5. The number of carbonyl (C=O) groups excluding carboxylic acids is 1. The van der Waals surface area contributed by atoms with Gasteiger partial charge < -0.3 is 28.6 Å². The van der Waals surface area contributed by atoms with Crippen LogP contribution in [0.25, 0.3) is 0 Å². The Bertz CT molecular complexity index is 1580. The highest BCUT2D eigenvalue weighted by molar-refractivity contribution is 7.87. The average molecular weight is 770 g/mol. The Labute approximate surface area is 309 Å². The smallest absolute Gasteiger partial charge is 0.410 e. The monoisotopic (exact) mass is 769 g/mol. The van der Waals surface area contributed by atoms with Crippen molar-refractivity contribution in [1.82, 2.24) is 4.90 Å². The Hall–Kier alpha value is -2.89. The van der Waals surface area contributed by atoms with Crippen molar-refractivity contribution in [2.24, 2.45) is 0 Å². The second-order valence-electron chi connectivity index (χ2n) is 13.6. The quantitative estimate of drug-likeness (QED) is 0.0793. The van der Waals surface area contributed by atoms with Crippen LogP contribution in [-0.4, -0.2) is 105 Å². The molecule has 1 aliphatic rings. The summed E-state index contributed by atoms with van der Waals surface area (Å²) in [7, 11) is -8.32. The zero-order valence-corrected chi connectivity index (χ0v) is 32.6. The molecular formula is C37H55NO12S2. The van der Waals surface area contributed by atoms with Crippen molar-refractivity contribution in [2.75, 3.05) is 52.7 Å². The third kappa shape index (κ3) is 16.0. The van der Waals surface area contributed by atoms with E-state index in [0.717, 1.165) is 30.4 Å². The van der Waals surface area contributed by atoms with Crippen molar-refractivity contribution >= 4 is 26.3 Å². The minimum atomic E-state index is -4.24. The molecule has 1 saturated heterocycles. The molecule has 3 atom stereocenters. The third-order valence-corrected chi connectivity index (χ3v) is 10.5. The van der Waals surface area contributed by atoms with Crippen LogP contribution in [0.3, 0.4) is 0 Å². The molecule has 0 spiro atoms. The van der Waals surface area contributed by atoms with E-state index in [2.05, 4.69) is 6.58 Å². The predicted octanol–water partition coefficient (Wildman–Crippen LogP) is 5.93. The number of hydrogen-bond donors (Lipinski definition) is 0. The minimum Gasteiger partial charge on any atom is -0.444 e. The maximum Gasteiger partial charge on any atom is 0.410 e. The Morgan fingerprint density at radius 3 is 1.94 bits per heavy atom. The number of aryl methyl sites for hydroxylation is 2. The topological polar surface area (TPSA) is 153 Å². The molecule has 0 N–H and O–H groups in total. The fourth-order valence-corrected chi connectivity index (χ4v) is 7.18. The second kappa shape index (κ2) is 21.1. The Kier molecular flexibility index (Phi) is 17.7. The van der Waals surface area contributed by atoms with Gasteiger partial charge in [0.25, 0.3) is 20.2 Å². The van der Waals surface area contributed by atoms with Crippen molar-refractivity contribution < 1.29 is 53.7 Å². The highest BCUT2D eigenvalue weighted by Crippen LogP contribution is 2.21. The predicted molar refractivity (Wildman–Crippen MR) is 195 cm³/mol. The Morgan fingerprint density at radius 1 is 0.865 bits per heavy atom. The number of benzene rings is 2. The van der Waals surface area contributed by atoms with Crippen LogP contribution in [-0.2, 0) is 52.3 Å². The number of carbonyl (C=O) groups is 1. The van der Waals surface area contributed by atoms with E-state index >= 15 is 0 Å². The maximum absolute atomic E-state index is 13.4. The highest BCUT2D eigenvalue weighted by atomic mass is 32.2. The van der Waals surface area contributed by atoms with Crippen LogP contribution in [0.5, 0.6) is 0 Å². The largest absolute Gasteiger partial charge is 0.444 e. The maximum atomic E-state index is 13.4. The zero-order valence-electron chi connectivity index (χ0n) is 31.0. The zero-order chi connectivity index (χ0) is 38.2. The van der Waals surface area contributed by atoms with Crippen LogP contribution in [0.4, 0.5) is 4.79 Å². The van der Waals surface area contributed by atoms with Gasteiger partial charge in [-0.3, -0.25) is 8.37 Å². The second-order valence-corrected chi connectivity index (χ2v) is 16.7. The normalized spacial score (nSPS) is 16.6. The van der Waals surface area contributed by atoms with Gasteiger partial charge in [-0.1, -0.05) is 41.5 Å². The summed E-state index contributed by atoms with van der Waals surface area (Å²) in [5.74, 6) is 0. The average Bonchev–Trinajstić information content (AvgIpc) is 3.07. The van der Waals surface area contributed by atoms with E-state index < -0.39 is 44.1 Å². The number of nitrogens with zero attached hydrogens (tertiary/aromatic N) is 1. The first-order valence-corrected chi connectivity index (χ1v) is 20.4. The van der Waals surface area contributed by atoms with Gasteiger partial charge in [-0.05, 0) is 78.1 Å². The minimum absolute atomic E-state index is 0.0214. The van der Waals surface area contributed by atoms with E-state index in [0.29, 0.717) is 6.61 Å². The Balaban J connectivity index is 1.70. The van der Waals surface area contributed by atoms with E-state index in [4.69, 9.17) is 32.1 Å². The van der Waals surface area contributed by atoms with Gasteiger partial charge in [0.15, 0.2) is 6.29 Å². The van der Waals surface area contributed by atoms with Gasteiger partial charge in [0.05, 0.1) is 42.3 Å².